The molecule has 0 amide bonds. The number of nitrogens with one attached hydrogen (secondary N) is 1. The molecular formula is C28H34FNO3S. The second kappa shape index (κ2) is 9.29. The van der Waals surface area contributed by atoms with Gasteiger partial charge < -0.3 is 15.2 Å². The molecule has 182 valence electrons. The number of anilines is 1. The third-order valence-electron chi connectivity index (χ3n) is 6.95. The molecule has 2 aliphatic heterocycles. The Hall–Kier alpha value is -2.47. The van der Waals surface area contributed by atoms with Crippen LogP contribution in [0.4, 0.5) is 10.1 Å². The van der Waals surface area contributed by atoms with Crippen LogP contribution in [0, 0.1) is 11.7 Å². The number of esters is 1. The number of thioether (sulfide) groups is 1. The van der Waals surface area contributed by atoms with Crippen molar-refractivity contribution in [3.05, 3.63) is 69.6 Å². The number of hydrogen-bond donors (Lipinski definition) is 2. The molecule has 0 aromatic heterocycles. The fourth-order valence-electron chi connectivity index (χ4n) is 4.71. The summed E-state index contributed by atoms with van der Waals surface area (Å²) in [5, 5.41) is 14.5. The fraction of sp³-hybridized carbons (Fsp3) is 0.464. The van der Waals surface area contributed by atoms with Crippen LogP contribution in [0.5, 0.6) is 0 Å². The average molecular weight is 484 g/mol. The Bertz CT molecular complexity index is 1120. The van der Waals surface area contributed by atoms with E-state index in [4.69, 9.17) is 4.74 Å². The molecule has 0 radical (unpaired) electrons. The maximum atomic E-state index is 13.3. The van der Waals surface area contributed by atoms with Crippen LogP contribution in [-0.2, 0) is 27.8 Å². The standard InChI is InChI=1S/C28H34FNO3S/c1-17(2)28(12-10-18-6-8-20(29)9-7-18)16-23(31)25(26(32)33-28)34-24-14-19-11-13-30-22(19)15-21(24)27(3,4)5/h6-9,14-15,17,30-31H,10-13,16H2,1-5H3. The number of ether oxygens (including phenoxy) is 1. The first-order valence-corrected chi connectivity index (χ1v) is 12.8. The molecule has 0 fully saturated rings. The van der Waals surface area contributed by atoms with Gasteiger partial charge in [-0.25, -0.2) is 9.18 Å². The van der Waals surface area contributed by atoms with Crippen LogP contribution >= 0.6 is 11.8 Å². The number of rotatable bonds is 6. The Morgan fingerprint density at radius 3 is 2.53 bits per heavy atom. The lowest BCUT2D eigenvalue weighted by Gasteiger charge is -2.40. The normalized spacial score (nSPS) is 20.4. The molecule has 0 saturated carbocycles. The predicted molar refractivity (Wildman–Crippen MR) is 136 cm³/mol. The summed E-state index contributed by atoms with van der Waals surface area (Å²) in [4.78, 5) is 14.5. The molecule has 0 bridgehead atoms. The number of benzene rings is 2. The number of carbonyl (C=O) groups is 1. The van der Waals surface area contributed by atoms with Gasteiger partial charge in [0.15, 0.2) is 0 Å². The van der Waals surface area contributed by atoms with Crippen LogP contribution in [0.15, 0.2) is 52.0 Å². The highest BCUT2D eigenvalue weighted by Crippen LogP contribution is 2.46. The van der Waals surface area contributed by atoms with Gasteiger partial charge in [-0.2, -0.15) is 0 Å². The first-order chi connectivity index (χ1) is 16.0. The average Bonchev–Trinajstić information content (AvgIpc) is 3.22. The minimum Gasteiger partial charge on any atom is -0.511 e. The lowest BCUT2D eigenvalue weighted by molar-refractivity contribution is -0.164. The third-order valence-corrected chi connectivity index (χ3v) is 8.11. The van der Waals surface area contributed by atoms with Crippen LogP contribution in [-0.4, -0.2) is 23.2 Å². The van der Waals surface area contributed by atoms with E-state index in [-0.39, 0.29) is 34.2 Å². The lowest BCUT2D eigenvalue weighted by atomic mass is 9.80. The van der Waals surface area contributed by atoms with Crippen molar-refractivity contribution in [1.82, 2.24) is 0 Å². The molecule has 4 rings (SSSR count). The Balaban J connectivity index is 1.61. The van der Waals surface area contributed by atoms with Crippen molar-refractivity contribution >= 4 is 23.4 Å². The van der Waals surface area contributed by atoms with Gasteiger partial charge in [-0.05, 0) is 71.6 Å². The first-order valence-electron chi connectivity index (χ1n) is 12.0. The summed E-state index contributed by atoms with van der Waals surface area (Å²) in [7, 11) is 0. The molecule has 2 heterocycles. The van der Waals surface area contributed by atoms with E-state index in [9.17, 15) is 14.3 Å². The summed E-state index contributed by atoms with van der Waals surface area (Å²) in [5.41, 5.74) is 3.58. The number of halogens is 1. The zero-order valence-electron chi connectivity index (χ0n) is 20.6. The molecule has 6 heteroatoms. The van der Waals surface area contributed by atoms with Crippen molar-refractivity contribution < 1.29 is 19.0 Å². The van der Waals surface area contributed by atoms with E-state index in [0.717, 1.165) is 34.7 Å². The SMILES string of the molecule is CC(C)C1(CCc2ccc(F)cc2)CC(O)=C(Sc2cc3c(cc2C(C)(C)C)NCC3)C(=O)O1. The summed E-state index contributed by atoms with van der Waals surface area (Å²) in [5.74, 6) is -0.639. The highest BCUT2D eigenvalue weighted by Gasteiger charge is 2.44. The van der Waals surface area contributed by atoms with Gasteiger partial charge in [0.1, 0.15) is 22.1 Å². The number of aliphatic hydroxyl groups is 1. The third kappa shape index (κ3) is 4.97. The number of aryl methyl sites for hydroxylation is 1. The quantitative estimate of drug-likeness (QED) is 0.437. The summed E-state index contributed by atoms with van der Waals surface area (Å²) in [6, 6.07) is 10.7. The van der Waals surface area contributed by atoms with Gasteiger partial charge in [0.25, 0.3) is 0 Å². The molecule has 34 heavy (non-hydrogen) atoms. The van der Waals surface area contributed by atoms with Crippen LogP contribution in [0.25, 0.3) is 0 Å². The van der Waals surface area contributed by atoms with Gasteiger partial charge in [0, 0.05) is 23.5 Å². The second-order valence-corrected chi connectivity index (χ2v) is 11.8. The summed E-state index contributed by atoms with van der Waals surface area (Å²) >= 11 is 1.31. The van der Waals surface area contributed by atoms with E-state index >= 15 is 0 Å². The maximum Gasteiger partial charge on any atom is 0.349 e. The molecule has 1 unspecified atom stereocenters. The van der Waals surface area contributed by atoms with Crippen molar-refractivity contribution in [1.29, 1.82) is 0 Å². The molecule has 2 aromatic carbocycles. The molecule has 4 nitrogen and oxygen atoms in total. The number of carbonyl (C=O) groups excluding carboxylic acids is 1. The second-order valence-electron chi connectivity index (χ2n) is 10.7. The van der Waals surface area contributed by atoms with Crippen LogP contribution < -0.4 is 5.32 Å². The molecule has 0 aliphatic carbocycles. The van der Waals surface area contributed by atoms with Gasteiger partial charge in [-0.1, -0.05) is 58.5 Å². The van der Waals surface area contributed by atoms with Crippen LogP contribution in [0.1, 0.15) is 64.2 Å². The van der Waals surface area contributed by atoms with E-state index in [1.54, 1.807) is 12.1 Å². The Morgan fingerprint density at radius 1 is 1.21 bits per heavy atom. The smallest absolute Gasteiger partial charge is 0.349 e. The fourth-order valence-corrected chi connectivity index (χ4v) is 5.92. The summed E-state index contributed by atoms with van der Waals surface area (Å²) in [6.07, 6.45) is 2.41. The van der Waals surface area contributed by atoms with Crippen LogP contribution in [0.2, 0.25) is 0 Å². The molecule has 2 N–H and O–H groups in total. The van der Waals surface area contributed by atoms with E-state index in [1.165, 1.54) is 29.5 Å². The maximum absolute atomic E-state index is 13.3. The molecule has 0 spiro atoms. The van der Waals surface area contributed by atoms with E-state index < -0.39 is 11.6 Å². The molecule has 2 aromatic rings. The number of cyclic esters (lactones) is 1. The number of aliphatic hydroxyl groups excluding tert-OH is 1. The zero-order chi connectivity index (χ0) is 24.7. The van der Waals surface area contributed by atoms with Gasteiger partial charge in [-0.15, -0.1) is 0 Å². The highest BCUT2D eigenvalue weighted by atomic mass is 32.2. The molecule has 0 saturated heterocycles. The van der Waals surface area contributed by atoms with E-state index in [2.05, 4.69) is 38.2 Å². The summed E-state index contributed by atoms with van der Waals surface area (Å²) < 4.78 is 19.4. The lowest BCUT2D eigenvalue weighted by Crippen LogP contribution is -2.44. The predicted octanol–water partition coefficient (Wildman–Crippen LogP) is 6.93. The Labute approximate surface area is 206 Å². The molecule has 1 atom stereocenters. The van der Waals surface area contributed by atoms with Gasteiger partial charge in [-0.3, -0.25) is 0 Å². The largest absolute Gasteiger partial charge is 0.511 e. The Morgan fingerprint density at radius 2 is 1.91 bits per heavy atom. The van der Waals surface area contributed by atoms with Crippen molar-refractivity contribution in [2.24, 2.45) is 5.92 Å². The minimum atomic E-state index is -0.797. The van der Waals surface area contributed by atoms with Crippen molar-refractivity contribution in [2.75, 3.05) is 11.9 Å². The van der Waals surface area contributed by atoms with Gasteiger partial charge in [0.05, 0.1) is 0 Å². The van der Waals surface area contributed by atoms with Gasteiger partial charge in [0.2, 0.25) is 0 Å². The highest BCUT2D eigenvalue weighted by molar-refractivity contribution is 8.04. The van der Waals surface area contributed by atoms with Crippen molar-refractivity contribution in [3.63, 3.8) is 0 Å². The van der Waals surface area contributed by atoms with Crippen molar-refractivity contribution in [3.8, 4) is 0 Å². The topological polar surface area (TPSA) is 58.6 Å². The Kier molecular flexibility index (Phi) is 6.74. The molecule has 2 aliphatic rings. The van der Waals surface area contributed by atoms with Gasteiger partial charge >= 0.3 is 5.97 Å². The summed E-state index contributed by atoms with van der Waals surface area (Å²) in [6.45, 7) is 11.4. The number of fused-ring (bicyclic) bond motifs is 1. The van der Waals surface area contributed by atoms with E-state index in [1.807, 2.05) is 13.8 Å². The number of hydrogen-bond acceptors (Lipinski definition) is 5. The monoisotopic (exact) mass is 483 g/mol. The van der Waals surface area contributed by atoms with Crippen molar-refractivity contribution in [2.45, 2.75) is 76.2 Å². The van der Waals surface area contributed by atoms with E-state index in [0.29, 0.717) is 12.8 Å². The minimum absolute atomic E-state index is 0.0156. The zero-order valence-corrected chi connectivity index (χ0v) is 21.4. The van der Waals surface area contributed by atoms with Crippen LogP contribution in [0.3, 0.4) is 0 Å². The molecular weight excluding hydrogens is 449 g/mol. The first kappa shape index (κ1) is 24.6.